The summed E-state index contributed by atoms with van der Waals surface area (Å²) >= 11 is 0. The summed E-state index contributed by atoms with van der Waals surface area (Å²) in [6.45, 7) is 0.964. The van der Waals surface area contributed by atoms with Crippen molar-refractivity contribution in [2.75, 3.05) is 11.9 Å². The zero-order valence-electron chi connectivity index (χ0n) is 11.2. The highest BCUT2D eigenvalue weighted by molar-refractivity contribution is 6.07. The molecule has 98 valence electrons. The maximum Gasteiger partial charge on any atom is 0.327 e. The van der Waals surface area contributed by atoms with E-state index in [4.69, 9.17) is 4.42 Å². The van der Waals surface area contributed by atoms with E-state index >= 15 is 0 Å². The van der Waals surface area contributed by atoms with Gasteiger partial charge < -0.3 is 9.32 Å². The molecular weight excluding hydrogens is 250 g/mol. The highest BCUT2D eigenvalue weighted by atomic mass is 16.3. The van der Waals surface area contributed by atoms with E-state index in [0.29, 0.717) is 6.17 Å². The monoisotopic (exact) mass is 264 g/mol. The van der Waals surface area contributed by atoms with Gasteiger partial charge in [-0.3, -0.25) is 0 Å². The Bertz CT molecular complexity index is 880. The van der Waals surface area contributed by atoms with Crippen molar-refractivity contribution in [2.24, 2.45) is 0 Å². The van der Waals surface area contributed by atoms with Crippen LogP contribution in [0.5, 0.6) is 0 Å². The van der Waals surface area contributed by atoms with Crippen molar-refractivity contribution < 1.29 is 8.98 Å². The van der Waals surface area contributed by atoms with Crippen LogP contribution in [0.1, 0.15) is 0 Å². The van der Waals surface area contributed by atoms with Crippen LogP contribution in [0.15, 0.2) is 53.3 Å². The number of hydrogen-bond acceptors (Lipinski definition) is 3. The van der Waals surface area contributed by atoms with Crippen LogP contribution < -0.4 is 9.47 Å². The van der Waals surface area contributed by atoms with Crippen molar-refractivity contribution in [3.05, 3.63) is 48.9 Å². The van der Waals surface area contributed by atoms with Crippen molar-refractivity contribution in [1.29, 1.82) is 0 Å². The average Bonchev–Trinajstić information content (AvgIpc) is 3.11. The molecule has 2 aliphatic heterocycles. The molecule has 5 rings (SSSR count). The van der Waals surface area contributed by atoms with E-state index in [-0.39, 0.29) is 0 Å². The Labute approximate surface area is 116 Å². The molecule has 0 aliphatic carbocycles. The number of anilines is 1. The number of pyridine rings is 1. The number of hydrogen-bond donors (Lipinski definition) is 0. The van der Waals surface area contributed by atoms with Gasteiger partial charge in [0.1, 0.15) is 11.8 Å². The number of para-hydroxylation sites is 1. The molecule has 4 heteroatoms. The predicted molar refractivity (Wildman–Crippen MR) is 77.1 cm³/mol. The second-order valence-electron chi connectivity index (χ2n) is 5.48. The number of benzene rings is 1. The van der Waals surface area contributed by atoms with Crippen LogP contribution in [-0.4, -0.2) is 18.1 Å². The van der Waals surface area contributed by atoms with Gasteiger partial charge in [-0.15, -0.1) is 0 Å². The summed E-state index contributed by atoms with van der Waals surface area (Å²) in [6, 6.07) is 10.4. The lowest BCUT2D eigenvalue weighted by atomic mass is 10.2. The fourth-order valence-electron chi connectivity index (χ4n) is 3.35. The molecule has 0 amide bonds. The lowest BCUT2D eigenvalue weighted by Gasteiger charge is -2.14. The predicted octanol–water partition coefficient (Wildman–Crippen LogP) is 2.44. The molecule has 0 fully saturated rings. The number of aromatic nitrogens is 1. The third kappa shape index (κ3) is 1.10. The number of fused-ring (bicyclic) bond motifs is 7. The van der Waals surface area contributed by atoms with Gasteiger partial charge in [0.15, 0.2) is 6.54 Å². The van der Waals surface area contributed by atoms with Gasteiger partial charge in [0.05, 0.1) is 6.20 Å². The molecule has 4 nitrogen and oxygen atoms in total. The van der Waals surface area contributed by atoms with Crippen LogP contribution in [0.2, 0.25) is 0 Å². The Balaban J connectivity index is 1.88. The van der Waals surface area contributed by atoms with Gasteiger partial charge in [-0.25, -0.2) is 9.47 Å². The minimum absolute atomic E-state index is 0.369. The smallest absolute Gasteiger partial charge is 0.327 e. The van der Waals surface area contributed by atoms with E-state index in [0.717, 1.165) is 23.5 Å². The summed E-state index contributed by atoms with van der Waals surface area (Å²) in [4.78, 5) is 4.53. The minimum Gasteiger partial charge on any atom is -0.447 e. The molecule has 20 heavy (non-hydrogen) atoms. The molecule has 1 aromatic carbocycles. The Kier molecular flexibility index (Phi) is 1.72. The van der Waals surface area contributed by atoms with Gasteiger partial charge >= 0.3 is 5.82 Å². The molecule has 0 radical (unpaired) electrons. The largest absolute Gasteiger partial charge is 0.447 e. The SMILES string of the molecule is CN1C=CN2c3c4oc5ccccc5c4cc[n+]3CC12. The first kappa shape index (κ1) is 10.3. The van der Waals surface area contributed by atoms with Gasteiger partial charge in [0, 0.05) is 24.0 Å². The first-order valence-corrected chi connectivity index (χ1v) is 6.85. The van der Waals surface area contributed by atoms with Crippen molar-refractivity contribution >= 4 is 27.8 Å². The van der Waals surface area contributed by atoms with E-state index in [9.17, 15) is 0 Å². The van der Waals surface area contributed by atoms with E-state index in [1.807, 2.05) is 12.1 Å². The Hall–Kier alpha value is -2.49. The summed E-state index contributed by atoms with van der Waals surface area (Å²) in [5.74, 6) is 1.16. The maximum absolute atomic E-state index is 6.12. The standard InChI is InChI=1S/C16H14N3O/c1-17-8-9-19-14(17)10-18-7-6-12-11-4-2-3-5-13(11)20-15(12)16(18)19/h2-9,14H,10H2,1H3/q+1. The van der Waals surface area contributed by atoms with Gasteiger partial charge in [0.2, 0.25) is 11.7 Å². The third-order valence-corrected chi connectivity index (χ3v) is 4.39. The fraction of sp³-hybridized carbons (Fsp3) is 0.188. The second kappa shape index (κ2) is 3.33. The lowest BCUT2D eigenvalue weighted by Crippen LogP contribution is -2.38. The molecular formula is C16H14N3O+. The number of furan rings is 1. The summed E-state index contributed by atoms with van der Waals surface area (Å²) in [5, 5.41) is 2.38. The van der Waals surface area contributed by atoms with Gasteiger partial charge in [-0.05, 0) is 12.1 Å². The lowest BCUT2D eigenvalue weighted by molar-refractivity contribution is -0.674. The fourth-order valence-corrected chi connectivity index (χ4v) is 3.35. The zero-order chi connectivity index (χ0) is 13.3. The molecule has 1 unspecified atom stereocenters. The average molecular weight is 264 g/mol. The highest BCUT2D eigenvalue weighted by Gasteiger charge is 2.44. The molecule has 3 aromatic rings. The number of rotatable bonds is 0. The zero-order valence-corrected chi connectivity index (χ0v) is 11.2. The molecule has 0 spiro atoms. The van der Waals surface area contributed by atoms with Crippen LogP contribution >= 0.6 is 0 Å². The van der Waals surface area contributed by atoms with Gasteiger partial charge in [0.25, 0.3) is 0 Å². The summed E-state index contributed by atoms with van der Waals surface area (Å²) < 4.78 is 8.40. The normalized spacial score (nSPS) is 20.1. The van der Waals surface area contributed by atoms with E-state index in [1.165, 1.54) is 10.8 Å². The van der Waals surface area contributed by atoms with Crippen molar-refractivity contribution in [1.82, 2.24) is 4.90 Å². The first-order chi connectivity index (χ1) is 9.83. The third-order valence-electron chi connectivity index (χ3n) is 4.39. The quantitative estimate of drug-likeness (QED) is 0.583. The van der Waals surface area contributed by atoms with Gasteiger partial charge in [-0.1, -0.05) is 18.2 Å². The molecule has 4 heterocycles. The van der Waals surface area contributed by atoms with Crippen LogP contribution in [0.3, 0.4) is 0 Å². The van der Waals surface area contributed by atoms with Gasteiger partial charge in [-0.2, -0.15) is 0 Å². The summed E-state index contributed by atoms with van der Waals surface area (Å²) in [5.41, 5.74) is 1.94. The number of nitrogens with zero attached hydrogens (tertiary/aromatic N) is 3. The van der Waals surface area contributed by atoms with Crippen LogP contribution in [-0.2, 0) is 6.54 Å². The van der Waals surface area contributed by atoms with Crippen LogP contribution in [0.4, 0.5) is 5.82 Å². The summed E-state index contributed by atoms with van der Waals surface area (Å²) in [7, 11) is 2.11. The first-order valence-electron chi connectivity index (χ1n) is 6.85. The molecule has 1 atom stereocenters. The molecule has 0 saturated heterocycles. The second-order valence-corrected chi connectivity index (χ2v) is 5.48. The Morgan fingerprint density at radius 2 is 2.05 bits per heavy atom. The van der Waals surface area contributed by atoms with Crippen molar-refractivity contribution in [3.63, 3.8) is 0 Å². The summed E-state index contributed by atoms with van der Waals surface area (Å²) in [6.07, 6.45) is 6.79. The van der Waals surface area contributed by atoms with E-state index < -0.39 is 0 Å². The molecule has 0 N–H and O–H groups in total. The van der Waals surface area contributed by atoms with Crippen LogP contribution in [0.25, 0.3) is 21.9 Å². The van der Waals surface area contributed by atoms with Crippen molar-refractivity contribution in [3.8, 4) is 0 Å². The number of likely N-dealkylation sites (N-methyl/N-ethyl adjacent to an activating group) is 1. The topological polar surface area (TPSA) is 23.5 Å². The Morgan fingerprint density at radius 1 is 1.15 bits per heavy atom. The molecule has 2 aromatic heterocycles. The minimum atomic E-state index is 0.369. The molecule has 2 aliphatic rings. The van der Waals surface area contributed by atoms with E-state index in [2.05, 4.69) is 58.2 Å². The Morgan fingerprint density at radius 3 is 3.00 bits per heavy atom. The highest BCUT2D eigenvalue weighted by Crippen LogP contribution is 2.37. The molecule has 0 saturated carbocycles. The van der Waals surface area contributed by atoms with Crippen molar-refractivity contribution in [2.45, 2.75) is 12.7 Å². The van der Waals surface area contributed by atoms with Crippen LogP contribution in [0, 0.1) is 0 Å². The molecule has 0 bridgehead atoms. The van der Waals surface area contributed by atoms with E-state index in [1.54, 1.807) is 0 Å². The maximum atomic E-state index is 6.12.